The first-order valence-electron chi connectivity index (χ1n) is 6.32. The highest BCUT2D eigenvalue weighted by molar-refractivity contribution is 5.84. The van der Waals surface area contributed by atoms with Crippen molar-refractivity contribution in [2.24, 2.45) is 0 Å². The molecule has 0 saturated carbocycles. The maximum Gasteiger partial charge on any atom is 0.153 e. The van der Waals surface area contributed by atoms with E-state index in [9.17, 15) is 4.79 Å². The molecule has 0 bridgehead atoms. The van der Waals surface area contributed by atoms with Crippen LogP contribution in [-0.4, -0.2) is 32.1 Å². The van der Waals surface area contributed by atoms with Crippen molar-refractivity contribution in [3.63, 3.8) is 0 Å². The number of nitrogens with one attached hydrogen (secondary N) is 1. The van der Waals surface area contributed by atoms with Crippen LogP contribution in [0.3, 0.4) is 0 Å². The van der Waals surface area contributed by atoms with Crippen LogP contribution in [0.2, 0.25) is 0 Å². The van der Waals surface area contributed by atoms with Crippen LogP contribution in [0.25, 0.3) is 0 Å². The Bertz CT molecular complexity index is 383. The fraction of sp³-hybridized carbons (Fsp3) is 0.500. The molecule has 4 nitrogen and oxygen atoms in total. The number of methoxy groups -OCH3 is 1. The van der Waals surface area contributed by atoms with Crippen molar-refractivity contribution in [2.45, 2.75) is 25.3 Å². The molecule has 1 aliphatic rings. The van der Waals surface area contributed by atoms with Gasteiger partial charge in [-0.05, 0) is 43.7 Å². The Labute approximate surface area is 107 Å². The van der Waals surface area contributed by atoms with Crippen LogP contribution in [0, 0.1) is 0 Å². The molecular weight excluding hydrogens is 230 g/mol. The van der Waals surface area contributed by atoms with Gasteiger partial charge in [0.2, 0.25) is 0 Å². The summed E-state index contributed by atoms with van der Waals surface area (Å²) in [5, 5.41) is 3.20. The summed E-state index contributed by atoms with van der Waals surface area (Å²) in [7, 11) is 1.63. The quantitative estimate of drug-likeness (QED) is 0.835. The number of carbonyl (C=O) groups is 1. The lowest BCUT2D eigenvalue weighted by Gasteiger charge is -2.10. The predicted molar refractivity (Wildman–Crippen MR) is 69.1 cm³/mol. The predicted octanol–water partition coefficient (Wildman–Crippen LogP) is 1.79. The molecule has 98 valence electrons. The monoisotopic (exact) mass is 249 g/mol. The molecule has 1 aromatic rings. The first-order chi connectivity index (χ1) is 8.79. The zero-order valence-corrected chi connectivity index (χ0v) is 10.6. The summed E-state index contributed by atoms with van der Waals surface area (Å²) in [6, 6.07) is 7.42. The highest BCUT2D eigenvalue weighted by atomic mass is 16.5. The third-order valence-electron chi connectivity index (χ3n) is 3.13. The van der Waals surface area contributed by atoms with Crippen molar-refractivity contribution in [1.82, 2.24) is 5.32 Å². The Morgan fingerprint density at radius 3 is 2.67 bits per heavy atom. The number of ether oxygens (including phenoxy) is 2. The standard InChI is InChI=1S/C14H19NO3/c1-17-11-4-6-12(7-5-11)18-10-8-14(16)13-3-2-9-15-13/h4-7,13,15H,2-3,8-10H2,1H3. The van der Waals surface area contributed by atoms with E-state index in [1.54, 1.807) is 7.11 Å². The summed E-state index contributed by atoms with van der Waals surface area (Å²) in [4.78, 5) is 11.8. The van der Waals surface area contributed by atoms with E-state index in [1.807, 2.05) is 24.3 Å². The minimum absolute atomic E-state index is 0.0458. The van der Waals surface area contributed by atoms with E-state index < -0.39 is 0 Å². The fourth-order valence-electron chi connectivity index (χ4n) is 2.08. The molecule has 0 amide bonds. The highest BCUT2D eigenvalue weighted by Gasteiger charge is 2.21. The van der Waals surface area contributed by atoms with E-state index in [4.69, 9.17) is 9.47 Å². The summed E-state index contributed by atoms with van der Waals surface area (Å²) in [5.41, 5.74) is 0. The highest BCUT2D eigenvalue weighted by Crippen LogP contribution is 2.17. The lowest BCUT2D eigenvalue weighted by atomic mass is 10.1. The Kier molecular flexibility index (Phi) is 4.59. The number of hydrogen-bond donors (Lipinski definition) is 1. The molecule has 18 heavy (non-hydrogen) atoms. The molecule has 1 heterocycles. The van der Waals surface area contributed by atoms with Crippen molar-refractivity contribution in [3.8, 4) is 11.5 Å². The normalized spacial score (nSPS) is 18.6. The third kappa shape index (κ3) is 3.47. The lowest BCUT2D eigenvalue weighted by Crippen LogP contribution is -2.31. The van der Waals surface area contributed by atoms with Crippen molar-refractivity contribution >= 4 is 5.78 Å². The van der Waals surface area contributed by atoms with Gasteiger partial charge in [-0.25, -0.2) is 0 Å². The van der Waals surface area contributed by atoms with Gasteiger partial charge < -0.3 is 14.8 Å². The van der Waals surface area contributed by atoms with Gasteiger partial charge in [0.25, 0.3) is 0 Å². The van der Waals surface area contributed by atoms with E-state index in [0.29, 0.717) is 13.0 Å². The van der Waals surface area contributed by atoms with Crippen LogP contribution < -0.4 is 14.8 Å². The molecule has 0 radical (unpaired) electrons. The second-order valence-corrected chi connectivity index (χ2v) is 4.39. The second kappa shape index (κ2) is 6.40. The zero-order chi connectivity index (χ0) is 12.8. The molecular formula is C14H19NO3. The summed E-state index contributed by atoms with van der Waals surface area (Å²) < 4.78 is 10.6. The third-order valence-corrected chi connectivity index (χ3v) is 3.13. The van der Waals surface area contributed by atoms with Crippen molar-refractivity contribution in [2.75, 3.05) is 20.3 Å². The van der Waals surface area contributed by atoms with Gasteiger partial charge in [0.1, 0.15) is 11.5 Å². The minimum Gasteiger partial charge on any atom is -0.497 e. The van der Waals surface area contributed by atoms with Crippen LogP contribution in [0.4, 0.5) is 0 Å². The summed E-state index contributed by atoms with van der Waals surface area (Å²) in [5.74, 6) is 1.82. The van der Waals surface area contributed by atoms with Crippen molar-refractivity contribution < 1.29 is 14.3 Å². The van der Waals surface area contributed by atoms with Gasteiger partial charge >= 0.3 is 0 Å². The molecule has 2 rings (SSSR count). The van der Waals surface area contributed by atoms with E-state index in [1.165, 1.54) is 0 Å². The average Bonchev–Trinajstić information content (AvgIpc) is 2.93. The average molecular weight is 249 g/mol. The minimum atomic E-state index is 0.0458. The second-order valence-electron chi connectivity index (χ2n) is 4.39. The number of rotatable bonds is 6. The van der Waals surface area contributed by atoms with Gasteiger partial charge in [0, 0.05) is 6.42 Å². The van der Waals surface area contributed by atoms with Gasteiger partial charge in [0.05, 0.1) is 19.8 Å². The molecule has 1 aromatic carbocycles. The molecule has 0 aliphatic carbocycles. The number of ketones is 1. The van der Waals surface area contributed by atoms with E-state index in [2.05, 4.69) is 5.32 Å². The Hall–Kier alpha value is -1.55. The maximum absolute atomic E-state index is 11.8. The molecule has 1 N–H and O–H groups in total. The Balaban J connectivity index is 1.72. The zero-order valence-electron chi connectivity index (χ0n) is 10.6. The topological polar surface area (TPSA) is 47.6 Å². The summed E-state index contributed by atoms with van der Waals surface area (Å²) in [6.07, 6.45) is 2.51. The van der Waals surface area contributed by atoms with Crippen LogP contribution in [0.1, 0.15) is 19.3 Å². The molecule has 1 fully saturated rings. The van der Waals surface area contributed by atoms with Gasteiger partial charge in [-0.3, -0.25) is 4.79 Å². The first-order valence-corrected chi connectivity index (χ1v) is 6.32. The van der Waals surface area contributed by atoms with Gasteiger partial charge in [0.15, 0.2) is 5.78 Å². The number of hydrogen-bond acceptors (Lipinski definition) is 4. The van der Waals surface area contributed by atoms with E-state index in [0.717, 1.165) is 30.9 Å². The maximum atomic E-state index is 11.8. The largest absolute Gasteiger partial charge is 0.497 e. The van der Waals surface area contributed by atoms with E-state index in [-0.39, 0.29) is 11.8 Å². The van der Waals surface area contributed by atoms with E-state index >= 15 is 0 Å². The fourth-order valence-corrected chi connectivity index (χ4v) is 2.08. The Morgan fingerprint density at radius 1 is 1.33 bits per heavy atom. The molecule has 0 spiro atoms. The summed E-state index contributed by atoms with van der Waals surface area (Å²) >= 11 is 0. The Morgan fingerprint density at radius 2 is 2.06 bits per heavy atom. The van der Waals surface area contributed by atoms with Gasteiger partial charge in [-0.2, -0.15) is 0 Å². The smallest absolute Gasteiger partial charge is 0.153 e. The molecule has 1 saturated heterocycles. The van der Waals surface area contributed by atoms with Crippen LogP contribution in [-0.2, 0) is 4.79 Å². The van der Waals surface area contributed by atoms with Crippen LogP contribution in [0.15, 0.2) is 24.3 Å². The molecule has 4 heteroatoms. The number of benzene rings is 1. The van der Waals surface area contributed by atoms with Gasteiger partial charge in [-0.15, -0.1) is 0 Å². The molecule has 0 aromatic heterocycles. The van der Waals surface area contributed by atoms with Crippen LogP contribution in [0.5, 0.6) is 11.5 Å². The molecule has 1 atom stereocenters. The molecule has 1 aliphatic heterocycles. The van der Waals surface area contributed by atoms with Crippen molar-refractivity contribution in [1.29, 1.82) is 0 Å². The SMILES string of the molecule is COc1ccc(OCCC(=O)C2CCCN2)cc1. The molecule has 1 unspecified atom stereocenters. The van der Waals surface area contributed by atoms with Crippen LogP contribution >= 0.6 is 0 Å². The van der Waals surface area contributed by atoms with Crippen molar-refractivity contribution in [3.05, 3.63) is 24.3 Å². The number of Topliss-reactive ketones (excluding diaryl/α,β-unsaturated/α-hetero) is 1. The lowest BCUT2D eigenvalue weighted by molar-refractivity contribution is -0.121. The summed E-state index contributed by atoms with van der Waals surface area (Å²) in [6.45, 7) is 1.39. The number of carbonyl (C=O) groups excluding carboxylic acids is 1. The van der Waals surface area contributed by atoms with Gasteiger partial charge in [-0.1, -0.05) is 0 Å². The first kappa shape index (κ1) is 12.9.